The summed E-state index contributed by atoms with van der Waals surface area (Å²) in [5, 5.41) is 6.10. The molecule has 1 aliphatic heterocycles. The van der Waals surface area contributed by atoms with Crippen LogP contribution >= 0.6 is 11.3 Å². The molecule has 4 rings (SSSR count). The van der Waals surface area contributed by atoms with Crippen LogP contribution in [0.2, 0.25) is 0 Å². The van der Waals surface area contributed by atoms with Gasteiger partial charge in [0.25, 0.3) is 0 Å². The lowest BCUT2D eigenvalue weighted by Crippen LogP contribution is -2.44. The molecule has 20 heavy (non-hydrogen) atoms. The topological polar surface area (TPSA) is 15.3 Å². The highest BCUT2D eigenvalue weighted by Crippen LogP contribution is 2.38. The van der Waals surface area contributed by atoms with Crippen LogP contribution in [-0.2, 0) is 6.42 Å². The average Bonchev–Trinajstić information content (AvgIpc) is 3.20. The number of nitrogens with zero attached hydrogens (tertiary/aromatic N) is 1. The van der Waals surface area contributed by atoms with E-state index in [1.807, 2.05) is 11.3 Å². The van der Waals surface area contributed by atoms with Crippen molar-refractivity contribution in [1.82, 2.24) is 10.2 Å². The van der Waals surface area contributed by atoms with Gasteiger partial charge in [0.1, 0.15) is 0 Å². The summed E-state index contributed by atoms with van der Waals surface area (Å²) in [4.78, 5) is 4.43. The van der Waals surface area contributed by atoms with E-state index in [4.69, 9.17) is 0 Å². The fourth-order valence-corrected chi connectivity index (χ4v) is 4.89. The minimum Gasteiger partial charge on any atom is -0.314 e. The number of piperidine rings is 1. The van der Waals surface area contributed by atoms with Gasteiger partial charge < -0.3 is 5.32 Å². The molecule has 1 saturated heterocycles. The Morgan fingerprint density at radius 2 is 2.00 bits per heavy atom. The summed E-state index contributed by atoms with van der Waals surface area (Å²) in [5.41, 5.74) is 1.66. The number of rotatable bonds is 4. The van der Waals surface area contributed by atoms with Gasteiger partial charge in [-0.15, -0.1) is 11.3 Å². The predicted molar refractivity (Wildman–Crippen MR) is 85.3 cm³/mol. The summed E-state index contributed by atoms with van der Waals surface area (Å²) in [6.45, 7) is 3.87. The second-order valence-corrected chi connectivity index (χ2v) is 7.87. The smallest absolute Gasteiger partial charge is 0.0359 e. The molecule has 0 bridgehead atoms. The molecular weight excluding hydrogens is 264 g/mol. The molecule has 110 valence electrons. The largest absolute Gasteiger partial charge is 0.314 e. The fraction of sp³-hybridized carbons (Fsp3) is 0.765. The maximum Gasteiger partial charge on any atom is 0.0359 e. The van der Waals surface area contributed by atoms with Crippen LogP contribution in [0.4, 0.5) is 0 Å². The average molecular weight is 290 g/mol. The lowest BCUT2D eigenvalue weighted by atomic mass is 9.91. The normalized spacial score (nSPS) is 28.5. The van der Waals surface area contributed by atoms with Crippen molar-refractivity contribution < 1.29 is 0 Å². The Labute approximate surface area is 126 Å². The number of likely N-dealkylation sites (tertiary alicyclic amines) is 1. The zero-order valence-electron chi connectivity index (χ0n) is 12.3. The third kappa shape index (κ3) is 2.81. The van der Waals surface area contributed by atoms with Gasteiger partial charge in [-0.3, -0.25) is 4.90 Å². The molecule has 3 heteroatoms. The minimum atomic E-state index is 0.731. The fourth-order valence-electron chi connectivity index (χ4n) is 3.91. The third-order valence-electron chi connectivity index (χ3n) is 5.38. The highest BCUT2D eigenvalue weighted by atomic mass is 32.1. The van der Waals surface area contributed by atoms with E-state index in [1.165, 1.54) is 64.6 Å². The Kier molecular flexibility index (Phi) is 3.84. The van der Waals surface area contributed by atoms with Crippen LogP contribution in [0, 0.1) is 5.92 Å². The molecule has 1 unspecified atom stereocenters. The van der Waals surface area contributed by atoms with E-state index in [1.54, 1.807) is 10.4 Å². The van der Waals surface area contributed by atoms with Crippen molar-refractivity contribution in [2.24, 2.45) is 5.92 Å². The Morgan fingerprint density at radius 3 is 2.80 bits per heavy atom. The predicted octanol–water partition coefficient (Wildman–Crippen LogP) is 3.59. The quantitative estimate of drug-likeness (QED) is 0.911. The molecule has 0 radical (unpaired) electrons. The Balaban J connectivity index is 1.33. The first-order chi connectivity index (χ1) is 9.90. The minimum absolute atomic E-state index is 0.731. The lowest BCUT2D eigenvalue weighted by Gasteiger charge is -2.39. The van der Waals surface area contributed by atoms with E-state index < -0.39 is 0 Å². The summed E-state index contributed by atoms with van der Waals surface area (Å²) in [7, 11) is 0. The van der Waals surface area contributed by atoms with Gasteiger partial charge in [-0.1, -0.05) is 0 Å². The Morgan fingerprint density at radius 1 is 1.15 bits per heavy atom. The first-order valence-electron chi connectivity index (χ1n) is 8.44. The standard InChI is InChI=1S/C17H26N2S/c1-2-16(15-8-11-20-17(15)3-1)19-9-6-14(7-10-19)18-12-13-4-5-13/h8,11,13-14,16,18H,1-7,9-10,12H2. The van der Waals surface area contributed by atoms with E-state index in [0.29, 0.717) is 0 Å². The van der Waals surface area contributed by atoms with Crippen LogP contribution in [0.15, 0.2) is 11.4 Å². The molecule has 0 spiro atoms. The van der Waals surface area contributed by atoms with Crippen LogP contribution in [0.25, 0.3) is 0 Å². The summed E-state index contributed by atoms with van der Waals surface area (Å²) in [5.74, 6) is 1.01. The maximum atomic E-state index is 3.80. The van der Waals surface area contributed by atoms with Crippen molar-refractivity contribution in [2.45, 2.75) is 57.0 Å². The molecule has 1 saturated carbocycles. The molecule has 2 aliphatic carbocycles. The molecule has 1 aromatic heterocycles. The van der Waals surface area contributed by atoms with Crippen LogP contribution in [0.3, 0.4) is 0 Å². The van der Waals surface area contributed by atoms with Crippen molar-refractivity contribution in [3.63, 3.8) is 0 Å². The van der Waals surface area contributed by atoms with Crippen molar-refractivity contribution >= 4 is 11.3 Å². The number of fused-ring (bicyclic) bond motifs is 1. The molecule has 3 aliphatic rings. The van der Waals surface area contributed by atoms with Crippen molar-refractivity contribution in [1.29, 1.82) is 0 Å². The van der Waals surface area contributed by atoms with Crippen molar-refractivity contribution in [3.05, 3.63) is 21.9 Å². The lowest BCUT2D eigenvalue weighted by molar-refractivity contribution is 0.131. The van der Waals surface area contributed by atoms with Gasteiger partial charge >= 0.3 is 0 Å². The van der Waals surface area contributed by atoms with Gasteiger partial charge in [0.2, 0.25) is 0 Å². The maximum absolute atomic E-state index is 3.80. The van der Waals surface area contributed by atoms with E-state index in [-0.39, 0.29) is 0 Å². The van der Waals surface area contributed by atoms with Crippen LogP contribution < -0.4 is 5.32 Å². The van der Waals surface area contributed by atoms with Gasteiger partial charge in [-0.2, -0.15) is 0 Å². The molecule has 2 heterocycles. The Bertz CT molecular complexity index is 444. The van der Waals surface area contributed by atoms with Gasteiger partial charge in [0.05, 0.1) is 0 Å². The first kappa shape index (κ1) is 13.3. The van der Waals surface area contributed by atoms with Gasteiger partial charge in [0.15, 0.2) is 0 Å². The van der Waals surface area contributed by atoms with Gasteiger partial charge in [-0.05, 0) is 74.4 Å². The number of hydrogen-bond acceptors (Lipinski definition) is 3. The van der Waals surface area contributed by atoms with Crippen LogP contribution in [0.5, 0.6) is 0 Å². The monoisotopic (exact) mass is 290 g/mol. The SMILES string of the molecule is c1cc2c(s1)CCCC2N1CCC(NCC2CC2)CC1. The zero-order valence-corrected chi connectivity index (χ0v) is 13.1. The van der Waals surface area contributed by atoms with E-state index in [0.717, 1.165) is 18.0 Å². The number of hydrogen-bond donors (Lipinski definition) is 1. The number of thiophene rings is 1. The summed E-state index contributed by atoms with van der Waals surface area (Å²) < 4.78 is 0. The Hall–Kier alpha value is -0.380. The molecular formula is C17H26N2S. The summed E-state index contributed by atoms with van der Waals surface area (Å²) >= 11 is 1.97. The van der Waals surface area contributed by atoms with E-state index in [9.17, 15) is 0 Å². The highest BCUT2D eigenvalue weighted by Gasteiger charge is 2.30. The summed E-state index contributed by atoms with van der Waals surface area (Å²) in [6, 6.07) is 3.91. The van der Waals surface area contributed by atoms with Crippen LogP contribution in [-0.4, -0.2) is 30.6 Å². The van der Waals surface area contributed by atoms with Crippen molar-refractivity contribution in [2.75, 3.05) is 19.6 Å². The first-order valence-corrected chi connectivity index (χ1v) is 9.32. The second-order valence-electron chi connectivity index (χ2n) is 6.87. The zero-order chi connectivity index (χ0) is 13.4. The number of aryl methyl sites for hydroxylation is 1. The second kappa shape index (κ2) is 5.78. The molecule has 1 atom stereocenters. The van der Waals surface area contributed by atoms with Crippen LogP contribution in [0.1, 0.15) is 55.0 Å². The van der Waals surface area contributed by atoms with E-state index in [2.05, 4.69) is 21.7 Å². The third-order valence-corrected chi connectivity index (χ3v) is 6.38. The molecule has 1 aromatic rings. The van der Waals surface area contributed by atoms with Crippen molar-refractivity contribution in [3.8, 4) is 0 Å². The molecule has 1 N–H and O–H groups in total. The molecule has 2 fully saturated rings. The number of nitrogens with one attached hydrogen (secondary N) is 1. The van der Waals surface area contributed by atoms with Gasteiger partial charge in [-0.25, -0.2) is 0 Å². The molecule has 0 amide bonds. The van der Waals surface area contributed by atoms with E-state index >= 15 is 0 Å². The van der Waals surface area contributed by atoms with Gasteiger partial charge in [0, 0.05) is 30.1 Å². The summed E-state index contributed by atoms with van der Waals surface area (Å²) in [6.07, 6.45) is 9.72. The molecule has 2 nitrogen and oxygen atoms in total. The molecule has 0 aromatic carbocycles. The highest BCUT2D eigenvalue weighted by molar-refractivity contribution is 7.10.